The van der Waals surface area contributed by atoms with E-state index in [-0.39, 0.29) is 12.0 Å². The average molecular weight is 349 g/mol. The Labute approximate surface area is 148 Å². The molecule has 0 spiro atoms. The van der Waals surface area contributed by atoms with Crippen molar-refractivity contribution in [1.29, 1.82) is 0 Å². The zero-order chi connectivity index (χ0) is 18.6. The zero-order valence-electron chi connectivity index (χ0n) is 15.5. The first kappa shape index (κ1) is 19.0. The molecule has 2 unspecified atom stereocenters. The molecule has 1 N–H and O–H groups in total. The number of aryl methyl sites for hydroxylation is 1. The van der Waals surface area contributed by atoms with E-state index >= 15 is 0 Å². The molecule has 1 fully saturated rings. The van der Waals surface area contributed by atoms with Crippen molar-refractivity contribution >= 4 is 12.0 Å². The molecule has 0 radical (unpaired) electrons. The number of aromatic nitrogens is 1. The highest BCUT2D eigenvalue weighted by atomic mass is 16.6. The fourth-order valence-corrected chi connectivity index (χ4v) is 2.60. The van der Waals surface area contributed by atoms with Crippen LogP contribution < -0.4 is 10.1 Å². The first-order valence-electron chi connectivity index (χ1n) is 8.52. The molecule has 1 aromatic rings. The van der Waals surface area contributed by atoms with Crippen LogP contribution in [0.25, 0.3) is 0 Å². The summed E-state index contributed by atoms with van der Waals surface area (Å²) in [5.74, 6) is 0.424. The average Bonchev–Trinajstić information content (AvgIpc) is 2.92. The molecule has 2 amide bonds. The Hall–Kier alpha value is -2.31. The van der Waals surface area contributed by atoms with Crippen LogP contribution >= 0.6 is 0 Å². The Balaban J connectivity index is 1.84. The first-order valence-corrected chi connectivity index (χ1v) is 8.52. The highest BCUT2D eigenvalue weighted by Crippen LogP contribution is 2.17. The number of ether oxygens (including phenoxy) is 2. The van der Waals surface area contributed by atoms with Crippen LogP contribution in [0.1, 0.15) is 39.8 Å². The lowest BCUT2D eigenvalue weighted by molar-refractivity contribution is -0.132. The highest BCUT2D eigenvalue weighted by Gasteiger charge is 2.31. The fraction of sp³-hybridized carbons (Fsp3) is 0.611. The standard InChI is InChI=1S/C18H27N3O4/c1-12-7-6-8-15(19-12)24-14-9-10-21(11-14)16(22)13(2)20-17(23)25-18(3,4)5/h6-8,13-14H,9-11H2,1-5H3,(H,20,23). The van der Waals surface area contributed by atoms with Crippen LogP contribution in [-0.4, -0.2) is 52.7 Å². The lowest BCUT2D eigenvalue weighted by Gasteiger charge is -2.24. The lowest BCUT2D eigenvalue weighted by atomic mass is 10.2. The molecule has 1 saturated heterocycles. The van der Waals surface area contributed by atoms with Crippen molar-refractivity contribution in [1.82, 2.24) is 15.2 Å². The Bertz CT molecular complexity index is 627. The summed E-state index contributed by atoms with van der Waals surface area (Å²) >= 11 is 0. The van der Waals surface area contributed by atoms with Gasteiger partial charge in [-0.3, -0.25) is 4.79 Å². The molecule has 0 bridgehead atoms. The Morgan fingerprint density at radius 2 is 2.08 bits per heavy atom. The molecule has 1 aliphatic heterocycles. The minimum atomic E-state index is -0.648. The molecule has 2 heterocycles. The SMILES string of the molecule is Cc1cccc(OC2CCN(C(=O)C(C)NC(=O)OC(C)(C)C)C2)n1. The first-order chi connectivity index (χ1) is 11.6. The van der Waals surface area contributed by atoms with Gasteiger partial charge < -0.3 is 19.7 Å². The van der Waals surface area contributed by atoms with Gasteiger partial charge in [0.15, 0.2) is 0 Å². The monoisotopic (exact) mass is 349 g/mol. The third-order valence-corrected chi connectivity index (χ3v) is 3.71. The number of carbonyl (C=O) groups excluding carboxylic acids is 2. The van der Waals surface area contributed by atoms with Crippen molar-refractivity contribution in [2.75, 3.05) is 13.1 Å². The molecule has 0 aromatic carbocycles. The van der Waals surface area contributed by atoms with Gasteiger partial charge >= 0.3 is 6.09 Å². The van der Waals surface area contributed by atoms with Gasteiger partial charge in [0.25, 0.3) is 0 Å². The van der Waals surface area contributed by atoms with E-state index in [4.69, 9.17) is 9.47 Å². The second-order valence-electron chi connectivity index (χ2n) is 7.30. The van der Waals surface area contributed by atoms with E-state index < -0.39 is 17.7 Å². The minimum absolute atomic E-state index is 0.0908. The summed E-state index contributed by atoms with van der Waals surface area (Å²) in [4.78, 5) is 30.3. The van der Waals surface area contributed by atoms with E-state index in [0.717, 1.165) is 12.1 Å². The van der Waals surface area contributed by atoms with Crippen LogP contribution in [0.2, 0.25) is 0 Å². The zero-order valence-corrected chi connectivity index (χ0v) is 15.5. The summed E-state index contributed by atoms with van der Waals surface area (Å²) in [6.07, 6.45) is 0.0526. The number of hydrogen-bond donors (Lipinski definition) is 1. The molecule has 1 aromatic heterocycles. The molecule has 1 aliphatic rings. The maximum Gasteiger partial charge on any atom is 0.408 e. The predicted octanol–water partition coefficient (Wildman–Crippen LogP) is 2.28. The largest absolute Gasteiger partial charge is 0.472 e. The number of likely N-dealkylation sites (tertiary alicyclic amines) is 1. The minimum Gasteiger partial charge on any atom is -0.472 e. The highest BCUT2D eigenvalue weighted by molar-refractivity contribution is 5.85. The molecule has 0 saturated carbocycles. The van der Waals surface area contributed by atoms with Gasteiger partial charge in [-0.05, 0) is 40.7 Å². The van der Waals surface area contributed by atoms with E-state index in [9.17, 15) is 9.59 Å². The van der Waals surface area contributed by atoms with Gasteiger partial charge in [0.2, 0.25) is 11.8 Å². The molecule has 7 heteroatoms. The summed E-state index contributed by atoms with van der Waals surface area (Å²) in [6.45, 7) is 9.97. The maximum atomic E-state index is 12.5. The van der Waals surface area contributed by atoms with Gasteiger partial charge in [0.05, 0.1) is 6.54 Å². The van der Waals surface area contributed by atoms with Crippen LogP contribution in [-0.2, 0) is 9.53 Å². The lowest BCUT2D eigenvalue weighted by Crippen LogP contribution is -2.47. The number of amides is 2. The fourth-order valence-electron chi connectivity index (χ4n) is 2.60. The number of carbonyl (C=O) groups is 2. The summed E-state index contributed by atoms with van der Waals surface area (Å²) in [5.41, 5.74) is 0.291. The Morgan fingerprint density at radius 1 is 1.36 bits per heavy atom. The number of pyridine rings is 1. The summed E-state index contributed by atoms with van der Waals surface area (Å²) in [6, 6.07) is 4.96. The van der Waals surface area contributed by atoms with Gasteiger partial charge in [0.1, 0.15) is 17.7 Å². The van der Waals surface area contributed by atoms with E-state index in [1.165, 1.54) is 0 Å². The number of alkyl carbamates (subject to hydrolysis) is 1. The molecular weight excluding hydrogens is 322 g/mol. The van der Waals surface area contributed by atoms with Gasteiger partial charge in [-0.25, -0.2) is 9.78 Å². The maximum absolute atomic E-state index is 12.5. The van der Waals surface area contributed by atoms with Crippen LogP contribution in [0.4, 0.5) is 4.79 Å². The number of nitrogens with one attached hydrogen (secondary N) is 1. The van der Waals surface area contributed by atoms with Crippen molar-refractivity contribution in [3.8, 4) is 5.88 Å². The van der Waals surface area contributed by atoms with Crippen molar-refractivity contribution in [2.24, 2.45) is 0 Å². The topological polar surface area (TPSA) is 80.8 Å². The van der Waals surface area contributed by atoms with Gasteiger partial charge in [-0.15, -0.1) is 0 Å². The summed E-state index contributed by atoms with van der Waals surface area (Å²) < 4.78 is 11.0. The third-order valence-electron chi connectivity index (χ3n) is 3.71. The smallest absolute Gasteiger partial charge is 0.408 e. The van der Waals surface area contributed by atoms with Crippen LogP contribution in [0.15, 0.2) is 18.2 Å². The Morgan fingerprint density at radius 3 is 2.72 bits per heavy atom. The van der Waals surface area contributed by atoms with Crippen molar-refractivity contribution in [3.05, 3.63) is 23.9 Å². The Kier molecular flexibility index (Phi) is 5.87. The number of rotatable bonds is 4. The molecule has 2 atom stereocenters. The summed E-state index contributed by atoms with van der Waals surface area (Å²) in [7, 11) is 0. The van der Waals surface area contributed by atoms with Gasteiger partial charge in [0, 0.05) is 24.7 Å². The van der Waals surface area contributed by atoms with E-state index in [2.05, 4.69) is 10.3 Å². The normalized spacial score (nSPS) is 18.6. The second kappa shape index (κ2) is 7.72. The van der Waals surface area contributed by atoms with Crippen LogP contribution in [0.3, 0.4) is 0 Å². The van der Waals surface area contributed by atoms with E-state index in [1.54, 1.807) is 32.6 Å². The van der Waals surface area contributed by atoms with E-state index in [0.29, 0.717) is 19.0 Å². The van der Waals surface area contributed by atoms with Gasteiger partial charge in [-0.2, -0.15) is 0 Å². The molecule has 2 rings (SSSR count). The molecular formula is C18H27N3O4. The van der Waals surface area contributed by atoms with Crippen molar-refractivity contribution in [3.63, 3.8) is 0 Å². The summed E-state index contributed by atoms with van der Waals surface area (Å²) in [5, 5.41) is 2.58. The molecule has 0 aliphatic carbocycles. The van der Waals surface area contributed by atoms with Crippen molar-refractivity contribution in [2.45, 2.75) is 58.8 Å². The van der Waals surface area contributed by atoms with Crippen LogP contribution in [0, 0.1) is 6.92 Å². The molecule has 138 valence electrons. The molecule has 7 nitrogen and oxygen atoms in total. The third kappa shape index (κ3) is 5.92. The number of nitrogens with zero attached hydrogens (tertiary/aromatic N) is 2. The number of hydrogen-bond acceptors (Lipinski definition) is 5. The van der Waals surface area contributed by atoms with E-state index in [1.807, 2.05) is 25.1 Å². The van der Waals surface area contributed by atoms with Crippen molar-refractivity contribution < 1.29 is 19.1 Å². The molecule has 25 heavy (non-hydrogen) atoms. The van der Waals surface area contributed by atoms with Crippen LogP contribution in [0.5, 0.6) is 5.88 Å². The predicted molar refractivity (Wildman–Crippen MR) is 93.4 cm³/mol. The van der Waals surface area contributed by atoms with Gasteiger partial charge in [-0.1, -0.05) is 6.07 Å². The quantitative estimate of drug-likeness (QED) is 0.902. The second-order valence-corrected chi connectivity index (χ2v) is 7.30.